The summed E-state index contributed by atoms with van der Waals surface area (Å²) in [6, 6.07) is 0. The highest BCUT2D eigenvalue weighted by molar-refractivity contribution is 9.09. The minimum absolute atomic E-state index is 0.151. The van der Waals surface area contributed by atoms with Crippen molar-refractivity contribution < 1.29 is 4.79 Å². The van der Waals surface area contributed by atoms with Crippen molar-refractivity contribution in [3.63, 3.8) is 0 Å². The zero-order chi connectivity index (χ0) is 8.59. The Morgan fingerprint density at radius 1 is 1.55 bits per heavy atom. The second-order valence-electron chi connectivity index (χ2n) is 2.96. The number of hydrogen-bond acceptors (Lipinski definition) is 1. The third-order valence-electron chi connectivity index (χ3n) is 2.16. The molecule has 3 heteroatoms. The maximum atomic E-state index is 11.3. The molecule has 1 atom stereocenters. The Hall–Kier alpha value is -0.310. The highest BCUT2D eigenvalue weighted by atomic mass is 79.9. The summed E-state index contributed by atoms with van der Waals surface area (Å²) < 4.78 is 0. The third-order valence-corrected chi connectivity index (χ3v) is 3.14. The molecule has 0 fully saturated rings. The molecule has 1 aliphatic heterocycles. The lowest BCUT2D eigenvalue weighted by atomic mass is 10.0. The van der Waals surface area contributed by atoms with Crippen molar-refractivity contribution >= 4 is 21.8 Å². The van der Waals surface area contributed by atoms with E-state index in [-0.39, 0.29) is 5.91 Å². The molecule has 1 heterocycles. The Kier molecular flexibility index (Phi) is 2.37. The lowest BCUT2D eigenvalue weighted by Crippen LogP contribution is -2.38. The fraction of sp³-hybridized carbons (Fsp3) is 0.625. The van der Waals surface area contributed by atoms with E-state index in [1.807, 2.05) is 20.9 Å². The molecule has 0 spiro atoms. The lowest BCUT2D eigenvalue weighted by Gasteiger charge is -2.28. The number of rotatable bonds is 0. The molecule has 1 aliphatic rings. The number of nitrogens with zero attached hydrogens (tertiary/aromatic N) is 1. The summed E-state index contributed by atoms with van der Waals surface area (Å²) in [7, 11) is 1.83. The van der Waals surface area contributed by atoms with E-state index < -0.39 is 0 Å². The first-order valence-electron chi connectivity index (χ1n) is 3.61. The molecule has 0 radical (unpaired) electrons. The topological polar surface area (TPSA) is 20.3 Å². The van der Waals surface area contributed by atoms with E-state index in [9.17, 15) is 4.79 Å². The quantitative estimate of drug-likeness (QED) is 0.565. The Bertz CT molecular complexity index is 222. The molecule has 0 bridgehead atoms. The summed E-state index contributed by atoms with van der Waals surface area (Å²) in [6.45, 7) is 4.66. The Morgan fingerprint density at radius 3 is 2.64 bits per heavy atom. The smallest absolute Gasteiger partial charge is 0.249 e. The van der Waals surface area contributed by atoms with Crippen LogP contribution < -0.4 is 0 Å². The number of likely N-dealkylation sites (N-methyl/N-ethyl adjacent to an activating group) is 1. The second kappa shape index (κ2) is 2.97. The van der Waals surface area contributed by atoms with Crippen LogP contribution in [-0.2, 0) is 4.79 Å². The van der Waals surface area contributed by atoms with Crippen molar-refractivity contribution in [2.45, 2.75) is 18.7 Å². The molecule has 62 valence electrons. The molecule has 0 aromatic rings. The van der Waals surface area contributed by atoms with Crippen LogP contribution in [0.4, 0.5) is 0 Å². The van der Waals surface area contributed by atoms with Crippen molar-refractivity contribution in [1.29, 1.82) is 0 Å². The summed E-state index contributed by atoms with van der Waals surface area (Å²) >= 11 is 3.51. The average molecular weight is 218 g/mol. The van der Waals surface area contributed by atoms with Crippen LogP contribution in [0.5, 0.6) is 0 Å². The van der Waals surface area contributed by atoms with Gasteiger partial charge in [-0.05, 0) is 19.4 Å². The number of amides is 1. The molecular formula is C8H12BrNO. The number of halogens is 1. The molecule has 0 aromatic carbocycles. The molecule has 0 N–H and O–H groups in total. The SMILES string of the molecule is CC1=C(C)C(Br)CN(C)C1=O. The van der Waals surface area contributed by atoms with Gasteiger partial charge in [-0.2, -0.15) is 0 Å². The average Bonchev–Trinajstić information content (AvgIpc) is 1.97. The molecule has 0 aromatic heterocycles. The summed E-state index contributed by atoms with van der Waals surface area (Å²) in [4.78, 5) is 13.4. The van der Waals surface area contributed by atoms with E-state index in [0.717, 1.165) is 17.7 Å². The first kappa shape index (κ1) is 8.78. The highest BCUT2D eigenvalue weighted by Crippen LogP contribution is 2.22. The molecule has 1 amide bonds. The maximum Gasteiger partial charge on any atom is 0.249 e. The number of carbonyl (C=O) groups is 1. The van der Waals surface area contributed by atoms with Gasteiger partial charge in [0, 0.05) is 19.2 Å². The summed E-state index contributed by atoms with van der Waals surface area (Å²) in [5, 5.41) is 0. The zero-order valence-electron chi connectivity index (χ0n) is 7.02. The first-order valence-corrected chi connectivity index (χ1v) is 4.52. The second-order valence-corrected chi connectivity index (χ2v) is 4.07. The molecule has 0 saturated carbocycles. The first-order chi connectivity index (χ1) is 5.04. The Labute approximate surface area is 75.4 Å². The third kappa shape index (κ3) is 1.48. The number of carbonyl (C=O) groups excluding carboxylic acids is 1. The summed E-state index contributed by atoms with van der Waals surface area (Å²) in [5.41, 5.74) is 2.04. The van der Waals surface area contributed by atoms with Crippen LogP contribution in [0.2, 0.25) is 0 Å². The van der Waals surface area contributed by atoms with Crippen molar-refractivity contribution in [2.75, 3.05) is 13.6 Å². The van der Waals surface area contributed by atoms with Gasteiger partial charge in [0.2, 0.25) is 5.91 Å². The normalized spacial score (nSPS) is 26.4. The number of hydrogen-bond donors (Lipinski definition) is 0. The van der Waals surface area contributed by atoms with Crippen LogP contribution in [0.25, 0.3) is 0 Å². The van der Waals surface area contributed by atoms with Gasteiger partial charge < -0.3 is 4.90 Å². The molecule has 11 heavy (non-hydrogen) atoms. The van der Waals surface area contributed by atoms with E-state index in [4.69, 9.17) is 0 Å². The zero-order valence-corrected chi connectivity index (χ0v) is 8.60. The van der Waals surface area contributed by atoms with Gasteiger partial charge in [0.15, 0.2) is 0 Å². The summed E-state index contributed by atoms with van der Waals surface area (Å²) in [6.07, 6.45) is 0. The molecular weight excluding hydrogens is 206 g/mol. The van der Waals surface area contributed by atoms with E-state index in [0.29, 0.717) is 4.83 Å². The van der Waals surface area contributed by atoms with Gasteiger partial charge in [-0.25, -0.2) is 0 Å². The van der Waals surface area contributed by atoms with Gasteiger partial charge in [-0.1, -0.05) is 15.9 Å². The molecule has 1 unspecified atom stereocenters. The van der Waals surface area contributed by atoms with Crippen LogP contribution in [-0.4, -0.2) is 29.2 Å². The van der Waals surface area contributed by atoms with Crippen LogP contribution in [0.15, 0.2) is 11.1 Å². The van der Waals surface area contributed by atoms with Gasteiger partial charge in [-0.15, -0.1) is 0 Å². The molecule has 0 aliphatic carbocycles. The maximum absolute atomic E-state index is 11.3. The van der Waals surface area contributed by atoms with Crippen molar-refractivity contribution in [3.05, 3.63) is 11.1 Å². The molecule has 0 saturated heterocycles. The van der Waals surface area contributed by atoms with Gasteiger partial charge in [-0.3, -0.25) is 4.79 Å². The lowest BCUT2D eigenvalue weighted by molar-refractivity contribution is -0.126. The van der Waals surface area contributed by atoms with E-state index in [1.54, 1.807) is 4.90 Å². The molecule has 1 rings (SSSR count). The number of alkyl halides is 1. The standard InChI is InChI=1S/C8H12BrNO/c1-5-6(2)8(11)10(3)4-7(5)9/h7H,4H2,1-3H3. The van der Waals surface area contributed by atoms with Crippen LogP contribution in [0, 0.1) is 0 Å². The van der Waals surface area contributed by atoms with E-state index in [2.05, 4.69) is 15.9 Å². The predicted octanol–water partition coefficient (Wildman–Crippen LogP) is 1.56. The van der Waals surface area contributed by atoms with E-state index in [1.165, 1.54) is 0 Å². The van der Waals surface area contributed by atoms with Crippen LogP contribution >= 0.6 is 15.9 Å². The minimum Gasteiger partial charge on any atom is -0.341 e. The highest BCUT2D eigenvalue weighted by Gasteiger charge is 2.24. The Morgan fingerprint density at radius 2 is 2.09 bits per heavy atom. The predicted molar refractivity (Wildman–Crippen MR) is 48.7 cm³/mol. The van der Waals surface area contributed by atoms with Gasteiger partial charge in [0.1, 0.15) is 0 Å². The fourth-order valence-corrected chi connectivity index (χ4v) is 1.93. The van der Waals surface area contributed by atoms with Gasteiger partial charge in [0.05, 0.1) is 4.83 Å². The van der Waals surface area contributed by atoms with Crippen molar-refractivity contribution in [3.8, 4) is 0 Å². The van der Waals surface area contributed by atoms with Crippen molar-refractivity contribution in [2.24, 2.45) is 0 Å². The monoisotopic (exact) mass is 217 g/mol. The molecule has 2 nitrogen and oxygen atoms in total. The van der Waals surface area contributed by atoms with Gasteiger partial charge in [0.25, 0.3) is 0 Å². The fourth-order valence-electron chi connectivity index (χ4n) is 1.15. The van der Waals surface area contributed by atoms with Crippen LogP contribution in [0.3, 0.4) is 0 Å². The largest absolute Gasteiger partial charge is 0.341 e. The summed E-state index contributed by atoms with van der Waals surface area (Å²) in [5.74, 6) is 0.151. The minimum atomic E-state index is 0.151. The van der Waals surface area contributed by atoms with Crippen molar-refractivity contribution in [1.82, 2.24) is 4.90 Å². The Balaban J connectivity index is 2.98. The van der Waals surface area contributed by atoms with E-state index >= 15 is 0 Å². The van der Waals surface area contributed by atoms with Crippen LogP contribution in [0.1, 0.15) is 13.8 Å². The van der Waals surface area contributed by atoms with Gasteiger partial charge >= 0.3 is 0 Å².